The predicted molar refractivity (Wildman–Crippen MR) is 92.0 cm³/mol. The SMILES string of the molecule is O=C(Nc1ccc(O)cc1)C1CN(c2nc3ccc(F)cc3s2)C1. The van der Waals surface area contributed by atoms with E-state index in [1.165, 1.54) is 35.6 Å². The smallest absolute Gasteiger partial charge is 0.231 e. The van der Waals surface area contributed by atoms with Crippen LogP contribution in [0.1, 0.15) is 0 Å². The number of aromatic nitrogens is 1. The third kappa shape index (κ3) is 2.78. The van der Waals surface area contributed by atoms with Crippen LogP contribution >= 0.6 is 11.3 Å². The van der Waals surface area contributed by atoms with Crippen molar-refractivity contribution in [3.05, 3.63) is 48.3 Å². The molecule has 2 heterocycles. The molecule has 1 amide bonds. The molecule has 1 aromatic heterocycles. The van der Waals surface area contributed by atoms with Crippen molar-refractivity contribution in [3.8, 4) is 5.75 Å². The van der Waals surface area contributed by atoms with Crippen LogP contribution in [-0.4, -0.2) is 29.1 Å². The Bertz CT molecular complexity index is 904. The van der Waals surface area contributed by atoms with E-state index < -0.39 is 0 Å². The number of phenolic OH excluding ortho intramolecular Hbond substituents is 1. The summed E-state index contributed by atoms with van der Waals surface area (Å²) in [6.07, 6.45) is 0. The van der Waals surface area contributed by atoms with Gasteiger partial charge in [-0.25, -0.2) is 9.37 Å². The average molecular weight is 343 g/mol. The number of hydrogen-bond acceptors (Lipinski definition) is 5. The van der Waals surface area contributed by atoms with Crippen molar-refractivity contribution in [1.29, 1.82) is 0 Å². The number of nitrogens with one attached hydrogen (secondary N) is 1. The van der Waals surface area contributed by atoms with Gasteiger partial charge in [0, 0.05) is 18.8 Å². The van der Waals surface area contributed by atoms with Gasteiger partial charge in [-0.1, -0.05) is 11.3 Å². The van der Waals surface area contributed by atoms with Crippen LogP contribution in [0, 0.1) is 11.7 Å². The van der Waals surface area contributed by atoms with Gasteiger partial charge in [0.2, 0.25) is 5.91 Å². The van der Waals surface area contributed by atoms with E-state index in [0.717, 1.165) is 15.3 Å². The number of nitrogens with zero attached hydrogens (tertiary/aromatic N) is 2. The lowest BCUT2D eigenvalue weighted by atomic mass is 10.00. The summed E-state index contributed by atoms with van der Waals surface area (Å²) >= 11 is 1.43. The summed E-state index contributed by atoms with van der Waals surface area (Å²) in [5.41, 5.74) is 1.43. The number of phenols is 1. The van der Waals surface area contributed by atoms with Crippen molar-refractivity contribution in [2.45, 2.75) is 0 Å². The molecule has 24 heavy (non-hydrogen) atoms. The number of fused-ring (bicyclic) bond motifs is 1. The largest absolute Gasteiger partial charge is 0.508 e. The number of amides is 1. The zero-order chi connectivity index (χ0) is 16.7. The van der Waals surface area contributed by atoms with E-state index in [-0.39, 0.29) is 23.4 Å². The molecular weight excluding hydrogens is 329 g/mol. The van der Waals surface area contributed by atoms with Gasteiger partial charge in [-0.2, -0.15) is 0 Å². The van der Waals surface area contributed by atoms with Crippen LogP contribution < -0.4 is 10.2 Å². The lowest BCUT2D eigenvalue weighted by molar-refractivity contribution is -0.120. The Morgan fingerprint density at radius 2 is 2.00 bits per heavy atom. The van der Waals surface area contributed by atoms with Crippen LogP contribution in [0.2, 0.25) is 0 Å². The number of benzene rings is 2. The van der Waals surface area contributed by atoms with E-state index in [4.69, 9.17) is 0 Å². The Balaban J connectivity index is 1.39. The van der Waals surface area contributed by atoms with Gasteiger partial charge in [0.15, 0.2) is 5.13 Å². The van der Waals surface area contributed by atoms with Crippen molar-refractivity contribution in [3.63, 3.8) is 0 Å². The van der Waals surface area contributed by atoms with Crippen LogP contribution in [0.25, 0.3) is 10.2 Å². The highest BCUT2D eigenvalue weighted by molar-refractivity contribution is 7.22. The number of thiazole rings is 1. The maximum absolute atomic E-state index is 13.2. The van der Waals surface area contributed by atoms with Crippen LogP contribution in [0.4, 0.5) is 15.2 Å². The molecule has 4 rings (SSSR count). The molecule has 5 nitrogen and oxygen atoms in total. The molecular formula is C17H14FN3O2S. The number of aromatic hydroxyl groups is 1. The fourth-order valence-corrected chi connectivity index (χ4v) is 3.62. The first-order valence-corrected chi connectivity index (χ1v) is 8.31. The van der Waals surface area contributed by atoms with Crippen LogP contribution in [0.5, 0.6) is 5.75 Å². The molecule has 0 aliphatic carbocycles. The highest BCUT2D eigenvalue weighted by atomic mass is 32.1. The molecule has 0 spiro atoms. The first-order chi connectivity index (χ1) is 11.6. The molecule has 2 N–H and O–H groups in total. The van der Waals surface area contributed by atoms with Crippen molar-refractivity contribution in [2.24, 2.45) is 5.92 Å². The fourth-order valence-electron chi connectivity index (χ4n) is 2.61. The Labute approximate surface area is 141 Å². The molecule has 0 atom stereocenters. The lowest BCUT2D eigenvalue weighted by Crippen LogP contribution is -2.52. The van der Waals surface area contributed by atoms with E-state index in [2.05, 4.69) is 10.3 Å². The summed E-state index contributed by atoms with van der Waals surface area (Å²) in [6, 6.07) is 10.9. The van der Waals surface area contributed by atoms with Crippen LogP contribution in [-0.2, 0) is 4.79 Å². The van der Waals surface area contributed by atoms with Crippen LogP contribution in [0.3, 0.4) is 0 Å². The number of anilines is 2. The number of hydrogen-bond donors (Lipinski definition) is 2. The highest BCUT2D eigenvalue weighted by Gasteiger charge is 2.34. The number of halogens is 1. The minimum absolute atomic E-state index is 0.0518. The minimum atomic E-state index is -0.271. The van der Waals surface area contributed by atoms with E-state index >= 15 is 0 Å². The Morgan fingerprint density at radius 1 is 1.25 bits per heavy atom. The summed E-state index contributed by atoms with van der Waals surface area (Å²) in [5.74, 6) is -0.269. The summed E-state index contributed by atoms with van der Waals surface area (Å²) in [4.78, 5) is 18.7. The maximum atomic E-state index is 13.2. The number of carbonyl (C=O) groups is 1. The molecule has 0 radical (unpaired) electrons. The second-order valence-corrected chi connectivity index (χ2v) is 6.76. The van der Waals surface area contributed by atoms with Gasteiger partial charge < -0.3 is 15.3 Å². The number of rotatable bonds is 3. The van der Waals surface area contributed by atoms with Crippen molar-refractivity contribution in [2.75, 3.05) is 23.3 Å². The Morgan fingerprint density at radius 3 is 2.75 bits per heavy atom. The zero-order valence-electron chi connectivity index (χ0n) is 12.6. The minimum Gasteiger partial charge on any atom is -0.508 e. The summed E-state index contributed by atoms with van der Waals surface area (Å²) in [7, 11) is 0. The maximum Gasteiger partial charge on any atom is 0.231 e. The third-order valence-corrected chi connectivity index (χ3v) is 5.08. The monoisotopic (exact) mass is 343 g/mol. The van der Waals surface area contributed by atoms with E-state index in [1.54, 1.807) is 18.2 Å². The van der Waals surface area contributed by atoms with Gasteiger partial charge in [0.05, 0.1) is 16.1 Å². The third-order valence-electron chi connectivity index (χ3n) is 4.00. The van der Waals surface area contributed by atoms with Gasteiger partial charge in [0.1, 0.15) is 11.6 Å². The van der Waals surface area contributed by atoms with E-state index in [1.807, 2.05) is 4.90 Å². The van der Waals surface area contributed by atoms with Crippen molar-refractivity contribution < 1.29 is 14.3 Å². The zero-order valence-corrected chi connectivity index (χ0v) is 13.4. The van der Waals surface area contributed by atoms with E-state index in [0.29, 0.717) is 18.8 Å². The normalized spacial score (nSPS) is 14.6. The van der Waals surface area contributed by atoms with Crippen molar-refractivity contribution >= 4 is 38.3 Å². The van der Waals surface area contributed by atoms with E-state index in [9.17, 15) is 14.3 Å². The van der Waals surface area contributed by atoms with Gasteiger partial charge >= 0.3 is 0 Å². The summed E-state index contributed by atoms with van der Waals surface area (Å²) < 4.78 is 14.0. The lowest BCUT2D eigenvalue weighted by Gasteiger charge is -2.37. The molecule has 1 saturated heterocycles. The number of carbonyl (C=O) groups excluding carboxylic acids is 1. The van der Waals surface area contributed by atoms with Gasteiger partial charge in [-0.15, -0.1) is 0 Å². The molecule has 3 aromatic rings. The van der Waals surface area contributed by atoms with Gasteiger partial charge in [-0.05, 0) is 42.5 Å². The molecule has 0 bridgehead atoms. The summed E-state index contributed by atoms with van der Waals surface area (Å²) in [5, 5.41) is 12.9. The summed E-state index contributed by atoms with van der Waals surface area (Å²) in [6.45, 7) is 1.18. The molecule has 2 aromatic carbocycles. The van der Waals surface area contributed by atoms with Crippen molar-refractivity contribution in [1.82, 2.24) is 4.98 Å². The fraction of sp³-hybridized carbons (Fsp3) is 0.176. The topological polar surface area (TPSA) is 65.5 Å². The molecule has 7 heteroatoms. The second-order valence-electron chi connectivity index (χ2n) is 5.75. The Hall–Kier alpha value is -2.67. The quantitative estimate of drug-likeness (QED) is 0.717. The molecule has 1 aliphatic heterocycles. The second kappa shape index (κ2) is 5.76. The average Bonchev–Trinajstić information content (AvgIpc) is 2.90. The first-order valence-electron chi connectivity index (χ1n) is 7.49. The molecule has 1 fully saturated rings. The highest BCUT2D eigenvalue weighted by Crippen LogP contribution is 2.33. The standard InChI is InChI=1S/C17H14FN3O2S/c18-11-1-6-14-15(7-11)24-17(20-14)21-8-10(9-21)16(23)19-12-2-4-13(22)5-3-12/h1-7,10,22H,8-9H2,(H,19,23). The van der Waals surface area contributed by atoms with Gasteiger partial charge in [-0.3, -0.25) is 4.79 Å². The predicted octanol–water partition coefficient (Wildman–Crippen LogP) is 3.22. The van der Waals surface area contributed by atoms with Gasteiger partial charge in [0.25, 0.3) is 0 Å². The van der Waals surface area contributed by atoms with Crippen LogP contribution in [0.15, 0.2) is 42.5 Å². The molecule has 1 aliphatic rings. The Kier molecular flexibility index (Phi) is 3.57. The first kappa shape index (κ1) is 14.9. The molecule has 0 saturated carbocycles. The molecule has 0 unspecified atom stereocenters. The molecule has 122 valence electrons.